The van der Waals surface area contributed by atoms with Crippen LogP contribution in [-0.4, -0.2) is 24.6 Å². The van der Waals surface area contributed by atoms with Gasteiger partial charge in [-0.05, 0) is 56.4 Å². The first-order chi connectivity index (χ1) is 12.6. The number of fused-ring (bicyclic) bond motifs is 4. The minimum absolute atomic E-state index is 0.102. The molecule has 0 radical (unpaired) electrons. The molecule has 0 aliphatic carbocycles. The fourth-order valence-corrected chi connectivity index (χ4v) is 4.21. The third-order valence-electron chi connectivity index (χ3n) is 4.89. The van der Waals surface area contributed by atoms with E-state index in [0.717, 1.165) is 34.9 Å². The maximum Gasteiger partial charge on any atom is 0.188 e. The fraction of sp³-hybridized carbons (Fsp3) is 0.350. The van der Waals surface area contributed by atoms with Gasteiger partial charge in [0, 0.05) is 17.7 Å². The number of rotatable bonds is 4. The first-order valence-electron chi connectivity index (χ1n) is 8.75. The minimum Gasteiger partial charge on any atom is -0.494 e. The molecule has 6 heteroatoms. The smallest absolute Gasteiger partial charge is 0.188 e. The van der Waals surface area contributed by atoms with Crippen molar-refractivity contribution in [3.63, 3.8) is 0 Å². The fourth-order valence-electron chi connectivity index (χ4n) is 3.77. The molecule has 2 aliphatic heterocycles. The molecule has 4 rings (SSSR count). The summed E-state index contributed by atoms with van der Waals surface area (Å²) in [6, 6.07) is 14.0. The van der Waals surface area contributed by atoms with E-state index in [9.17, 15) is 0 Å². The number of para-hydroxylation sites is 1. The third-order valence-corrected chi connectivity index (χ3v) is 5.19. The summed E-state index contributed by atoms with van der Waals surface area (Å²) in [5.74, 6) is 2.35. The van der Waals surface area contributed by atoms with Gasteiger partial charge in [-0.2, -0.15) is 0 Å². The Balaban J connectivity index is 1.73. The highest BCUT2D eigenvalue weighted by atomic mass is 32.1. The van der Waals surface area contributed by atoms with Gasteiger partial charge in [-0.1, -0.05) is 12.1 Å². The monoisotopic (exact) mass is 370 g/mol. The van der Waals surface area contributed by atoms with Crippen molar-refractivity contribution < 1.29 is 14.2 Å². The summed E-state index contributed by atoms with van der Waals surface area (Å²) in [4.78, 5) is 2.03. The summed E-state index contributed by atoms with van der Waals surface area (Å²) in [7, 11) is 1.66. The Morgan fingerprint density at radius 3 is 2.73 bits per heavy atom. The van der Waals surface area contributed by atoms with Crippen LogP contribution < -0.4 is 24.4 Å². The second-order valence-electron chi connectivity index (χ2n) is 6.62. The van der Waals surface area contributed by atoms with Crippen LogP contribution in [0.25, 0.3) is 0 Å². The predicted molar refractivity (Wildman–Crippen MR) is 105 cm³/mol. The lowest BCUT2D eigenvalue weighted by atomic mass is 9.90. The van der Waals surface area contributed by atoms with Gasteiger partial charge in [-0.3, -0.25) is 4.90 Å². The molecule has 2 aromatic rings. The summed E-state index contributed by atoms with van der Waals surface area (Å²) in [6.45, 7) is 4.68. The van der Waals surface area contributed by atoms with Gasteiger partial charge >= 0.3 is 0 Å². The van der Waals surface area contributed by atoms with E-state index in [0.29, 0.717) is 11.7 Å². The van der Waals surface area contributed by atoms with E-state index in [4.69, 9.17) is 26.4 Å². The quantitative estimate of drug-likeness (QED) is 0.820. The van der Waals surface area contributed by atoms with Crippen molar-refractivity contribution in [2.45, 2.75) is 32.0 Å². The van der Waals surface area contributed by atoms with Crippen molar-refractivity contribution in [1.82, 2.24) is 5.32 Å². The Morgan fingerprint density at radius 2 is 2.04 bits per heavy atom. The Labute approximate surface area is 158 Å². The van der Waals surface area contributed by atoms with Crippen LogP contribution in [0.2, 0.25) is 0 Å². The zero-order valence-electron chi connectivity index (χ0n) is 15.1. The molecule has 2 heterocycles. The predicted octanol–water partition coefficient (Wildman–Crippen LogP) is 4.03. The van der Waals surface area contributed by atoms with Gasteiger partial charge in [-0.15, -0.1) is 0 Å². The van der Waals surface area contributed by atoms with Crippen molar-refractivity contribution >= 4 is 23.0 Å². The summed E-state index contributed by atoms with van der Waals surface area (Å²) in [6.07, 6.45) is 0.778. The molecule has 136 valence electrons. The van der Waals surface area contributed by atoms with Crippen molar-refractivity contribution in [2.75, 3.05) is 18.6 Å². The van der Waals surface area contributed by atoms with Crippen LogP contribution >= 0.6 is 12.2 Å². The zero-order chi connectivity index (χ0) is 18.3. The van der Waals surface area contributed by atoms with Gasteiger partial charge in [-0.25, -0.2) is 0 Å². The summed E-state index contributed by atoms with van der Waals surface area (Å²) >= 11 is 5.68. The topological polar surface area (TPSA) is 43.0 Å². The Bertz CT molecular complexity index is 839. The Hall–Kier alpha value is -2.47. The molecule has 5 nitrogen and oxygen atoms in total. The van der Waals surface area contributed by atoms with Gasteiger partial charge in [0.15, 0.2) is 22.3 Å². The number of nitrogens with one attached hydrogen (secondary N) is 1. The van der Waals surface area contributed by atoms with Crippen LogP contribution in [0.15, 0.2) is 42.5 Å². The van der Waals surface area contributed by atoms with E-state index in [2.05, 4.69) is 18.3 Å². The molecule has 2 atom stereocenters. The number of anilines is 1. The van der Waals surface area contributed by atoms with Gasteiger partial charge < -0.3 is 19.5 Å². The first-order valence-corrected chi connectivity index (χ1v) is 9.16. The Morgan fingerprint density at radius 1 is 1.27 bits per heavy atom. The molecule has 1 N–H and O–H groups in total. The zero-order valence-corrected chi connectivity index (χ0v) is 15.9. The molecule has 2 aromatic carbocycles. The number of thiocarbonyl (C=S) groups is 1. The van der Waals surface area contributed by atoms with Crippen LogP contribution in [0.1, 0.15) is 31.9 Å². The molecular formula is C20H22N2O3S. The lowest BCUT2D eigenvalue weighted by Gasteiger charge is -2.52. The highest BCUT2D eigenvalue weighted by Crippen LogP contribution is 2.49. The molecular weight excluding hydrogens is 348 g/mol. The maximum absolute atomic E-state index is 6.47. The average Bonchev–Trinajstić information content (AvgIpc) is 2.62. The maximum atomic E-state index is 6.47. The van der Waals surface area contributed by atoms with E-state index >= 15 is 0 Å². The number of ether oxygens (including phenoxy) is 3. The summed E-state index contributed by atoms with van der Waals surface area (Å²) in [5, 5.41) is 4.11. The molecule has 2 bridgehead atoms. The van der Waals surface area contributed by atoms with Gasteiger partial charge in [0.2, 0.25) is 0 Å². The molecule has 0 aromatic heterocycles. The van der Waals surface area contributed by atoms with Crippen molar-refractivity contribution in [3.05, 3.63) is 48.0 Å². The second kappa shape index (κ2) is 6.36. The van der Waals surface area contributed by atoms with Gasteiger partial charge in [0.05, 0.1) is 19.8 Å². The van der Waals surface area contributed by atoms with Crippen LogP contribution in [0.5, 0.6) is 17.2 Å². The van der Waals surface area contributed by atoms with Crippen LogP contribution in [-0.2, 0) is 0 Å². The molecule has 0 spiro atoms. The van der Waals surface area contributed by atoms with Gasteiger partial charge in [0.25, 0.3) is 0 Å². The van der Waals surface area contributed by atoms with E-state index in [1.54, 1.807) is 7.11 Å². The van der Waals surface area contributed by atoms with E-state index in [1.807, 2.05) is 48.2 Å². The average molecular weight is 370 g/mol. The van der Waals surface area contributed by atoms with E-state index in [-0.39, 0.29) is 6.04 Å². The van der Waals surface area contributed by atoms with Crippen LogP contribution in [0, 0.1) is 0 Å². The van der Waals surface area contributed by atoms with E-state index < -0.39 is 5.72 Å². The first kappa shape index (κ1) is 17.0. The number of nitrogens with zero attached hydrogens (tertiary/aromatic N) is 1. The van der Waals surface area contributed by atoms with Crippen LogP contribution in [0.4, 0.5) is 5.69 Å². The molecule has 0 saturated carbocycles. The van der Waals surface area contributed by atoms with Crippen molar-refractivity contribution in [1.29, 1.82) is 0 Å². The lowest BCUT2D eigenvalue weighted by molar-refractivity contribution is 0.0464. The number of methoxy groups -OCH3 is 1. The summed E-state index contributed by atoms with van der Waals surface area (Å²) < 4.78 is 17.5. The molecule has 0 amide bonds. The SMILES string of the molecule is CCOc1ccc(N2C(=S)N[C@H]3C[C@@]2(C)Oc2c(OC)cccc23)cc1. The molecule has 0 unspecified atom stereocenters. The largest absolute Gasteiger partial charge is 0.494 e. The highest BCUT2D eigenvalue weighted by Gasteiger charge is 2.49. The van der Waals surface area contributed by atoms with Gasteiger partial charge in [0.1, 0.15) is 5.75 Å². The third kappa shape index (κ3) is 2.65. The number of hydrogen-bond donors (Lipinski definition) is 1. The molecule has 1 fully saturated rings. The van der Waals surface area contributed by atoms with E-state index in [1.165, 1.54) is 0 Å². The molecule has 26 heavy (non-hydrogen) atoms. The highest BCUT2D eigenvalue weighted by molar-refractivity contribution is 7.80. The Kier molecular flexibility index (Phi) is 4.15. The standard InChI is InChI=1S/C20H22N2O3S/c1-4-24-14-10-8-13(9-11-14)22-19(26)21-16-12-20(22,2)25-18-15(16)6-5-7-17(18)23-3/h5-11,16H,4,12H2,1-3H3,(H,21,26)/t16-,20+/m0/s1. The molecule has 2 aliphatic rings. The number of hydrogen-bond acceptors (Lipinski definition) is 4. The van der Waals surface area contributed by atoms with Crippen molar-refractivity contribution in [3.8, 4) is 17.2 Å². The second-order valence-corrected chi connectivity index (χ2v) is 7.01. The number of benzene rings is 2. The minimum atomic E-state index is -0.595. The normalized spacial score (nSPS) is 23.6. The summed E-state index contributed by atoms with van der Waals surface area (Å²) in [5.41, 5.74) is 1.45. The lowest BCUT2D eigenvalue weighted by Crippen LogP contribution is -2.65. The van der Waals surface area contributed by atoms with Crippen LogP contribution in [0.3, 0.4) is 0 Å². The van der Waals surface area contributed by atoms with Crippen molar-refractivity contribution in [2.24, 2.45) is 0 Å². The molecule has 1 saturated heterocycles.